The van der Waals surface area contributed by atoms with Crippen molar-refractivity contribution < 1.29 is 9.53 Å². The lowest BCUT2D eigenvalue weighted by Crippen LogP contribution is -2.49. The number of aromatic nitrogens is 2. The Morgan fingerprint density at radius 2 is 2.24 bits per heavy atom. The average molecular weight is 415 g/mol. The number of fused-ring (bicyclic) bond motifs is 1. The Balaban J connectivity index is 1.84. The summed E-state index contributed by atoms with van der Waals surface area (Å²) in [4.78, 5) is 30.2. The number of hydrogen-bond acceptors (Lipinski definition) is 6. The van der Waals surface area contributed by atoms with Gasteiger partial charge in [-0.05, 0) is 37.8 Å². The zero-order chi connectivity index (χ0) is 21.0. The van der Waals surface area contributed by atoms with Crippen LogP contribution in [-0.4, -0.2) is 39.5 Å². The fourth-order valence-corrected chi connectivity index (χ4v) is 3.98. The number of para-hydroxylation sites is 1. The standard InChI is InChI=1S/C21H26N4O3S/c1-14(2)21(3,13-22)24-18(26)12-29-20-23-17-9-5-4-8-16(17)19(27)25(20)11-15-7-6-10-28-15/h4-5,8-9,14-15H,6-7,10-12H2,1-3H3,(H,24,26)/t15-,21-/m0/s1. The molecule has 3 rings (SSSR count). The molecule has 2 aromatic rings. The molecule has 1 saturated heterocycles. The topological polar surface area (TPSA) is 97.0 Å². The summed E-state index contributed by atoms with van der Waals surface area (Å²) in [6.45, 7) is 6.61. The first kappa shape index (κ1) is 21.3. The molecule has 29 heavy (non-hydrogen) atoms. The number of nitriles is 1. The molecule has 2 heterocycles. The van der Waals surface area contributed by atoms with Crippen molar-refractivity contribution in [1.82, 2.24) is 14.9 Å². The minimum absolute atomic E-state index is 0.0216. The molecule has 0 saturated carbocycles. The molecule has 0 aliphatic carbocycles. The maximum absolute atomic E-state index is 13.1. The molecule has 1 aromatic heterocycles. The fraction of sp³-hybridized carbons (Fsp3) is 0.524. The highest BCUT2D eigenvalue weighted by Crippen LogP contribution is 2.22. The second-order valence-electron chi connectivity index (χ2n) is 7.77. The average Bonchev–Trinajstić information content (AvgIpc) is 3.22. The van der Waals surface area contributed by atoms with Crippen LogP contribution in [0.15, 0.2) is 34.2 Å². The summed E-state index contributed by atoms with van der Waals surface area (Å²) in [5, 5.41) is 13.2. The van der Waals surface area contributed by atoms with Gasteiger partial charge in [-0.15, -0.1) is 0 Å². The predicted molar refractivity (Wildman–Crippen MR) is 113 cm³/mol. The van der Waals surface area contributed by atoms with E-state index < -0.39 is 5.54 Å². The largest absolute Gasteiger partial charge is 0.376 e. The summed E-state index contributed by atoms with van der Waals surface area (Å²) in [5.41, 5.74) is -0.461. The molecule has 0 unspecified atom stereocenters. The molecule has 154 valence electrons. The summed E-state index contributed by atoms with van der Waals surface area (Å²) in [6.07, 6.45) is 1.86. The molecule has 1 aliphatic rings. The van der Waals surface area contributed by atoms with Crippen molar-refractivity contribution in [3.05, 3.63) is 34.6 Å². The second-order valence-corrected chi connectivity index (χ2v) is 8.71. The van der Waals surface area contributed by atoms with Gasteiger partial charge in [-0.2, -0.15) is 5.26 Å². The summed E-state index contributed by atoms with van der Waals surface area (Å²) in [7, 11) is 0. The van der Waals surface area contributed by atoms with E-state index in [4.69, 9.17) is 4.74 Å². The normalized spacial score (nSPS) is 18.5. The van der Waals surface area contributed by atoms with E-state index in [1.807, 2.05) is 26.0 Å². The van der Waals surface area contributed by atoms with Gasteiger partial charge in [-0.1, -0.05) is 37.7 Å². The lowest BCUT2D eigenvalue weighted by atomic mass is 9.90. The van der Waals surface area contributed by atoms with Gasteiger partial charge in [-0.3, -0.25) is 14.2 Å². The van der Waals surface area contributed by atoms with Gasteiger partial charge in [-0.25, -0.2) is 4.98 Å². The summed E-state index contributed by atoms with van der Waals surface area (Å²) >= 11 is 1.21. The Morgan fingerprint density at radius 1 is 1.48 bits per heavy atom. The zero-order valence-electron chi connectivity index (χ0n) is 17.0. The number of nitrogens with zero attached hydrogens (tertiary/aromatic N) is 3. The number of nitrogens with one attached hydrogen (secondary N) is 1. The van der Waals surface area contributed by atoms with Crippen molar-refractivity contribution in [2.75, 3.05) is 12.4 Å². The van der Waals surface area contributed by atoms with E-state index in [1.54, 1.807) is 23.6 Å². The highest BCUT2D eigenvalue weighted by Gasteiger charge is 2.30. The molecular weight excluding hydrogens is 388 g/mol. The minimum Gasteiger partial charge on any atom is -0.376 e. The van der Waals surface area contributed by atoms with Gasteiger partial charge in [0.05, 0.1) is 35.4 Å². The van der Waals surface area contributed by atoms with Crippen molar-refractivity contribution in [1.29, 1.82) is 5.26 Å². The van der Waals surface area contributed by atoms with Crippen LogP contribution in [0.25, 0.3) is 10.9 Å². The maximum Gasteiger partial charge on any atom is 0.262 e. The third-order valence-electron chi connectivity index (χ3n) is 5.36. The van der Waals surface area contributed by atoms with E-state index in [2.05, 4.69) is 16.4 Å². The number of carbonyl (C=O) groups is 1. The van der Waals surface area contributed by atoms with Crippen LogP contribution in [-0.2, 0) is 16.1 Å². The van der Waals surface area contributed by atoms with E-state index in [0.717, 1.165) is 12.8 Å². The summed E-state index contributed by atoms with van der Waals surface area (Å²) in [5.74, 6) is -0.225. The Hall–Kier alpha value is -2.37. The second kappa shape index (κ2) is 8.97. The van der Waals surface area contributed by atoms with E-state index >= 15 is 0 Å². The summed E-state index contributed by atoms with van der Waals surface area (Å²) in [6, 6.07) is 9.38. The third-order valence-corrected chi connectivity index (χ3v) is 6.33. The van der Waals surface area contributed by atoms with Crippen LogP contribution in [0.3, 0.4) is 0 Å². The molecule has 0 radical (unpaired) electrons. The van der Waals surface area contributed by atoms with Gasteiger partial charge in [0.25, 0.3) is 5.56 Å². The monoisotopic (exact) mass is 414 g/mol. The molecule has 1 aromatic carbocycles. The van der Waals surface area contributed by atoms with Gasteiger partial charge in [0.1, 0.15) is 5.54 Å². The highest BCUT2D eigenvalue weighted by molar-refractivity contribution is 7.99. The van der Waals surface area contributed by atoms with Crippen molar-refractivity contribution >= 4 is 28.6 Å². The molecule has 8 heteroatoms. The first-order valence-corrected chi connectivity index (χ1v) is 10.8. The lowest BCUT2D eigenvalue weighted by Gasteiger charge is -2.27. The molecule has 0 spiro atoms. The van der Waals surface area contributed by atoms with Crippen molar-refractivity contribution in [2.24, 2.45) is 5.92 Å². The SMILES string of the molecule is CC(C)[C@](C)(C#N)NC(=O)CSc1nc2ccccc2c(=O)n1C[C@@H]1CCCO1. The molecular formula is C21H26N4O3S. The quantitative estimate of drug-likeness (QED) is 0.553. The smallest absolute Gasteiger partial charge is 0.262 e. The first-order chi connectivity index (χ1) is 13.8. The number of hydrogen-bond donors (Lipinski definition) is 1. The Morgan fingerprint density at radius 3 is 2.90 bits per heavy atom. The molecule has 1 fully saturated rings. The predicted octanol–water partition coefficient (Wildman–Crippen LogP) is 2.72. The number of benzene rings is 1. The first-order valence-electron chi connectivity index (χ1n) is 9.80. The number of rotatable bonds is 7. The molecule has 7 nitrogen and oxygen atoms in total. The van der Waals surface area contributed by atoms with E-state index in [1.165, 1.54) is 11.8 Å². The van der Waals surface area contributed by atoms with Gasteiger partial charge in [0.15, 0.2) is 5.16 Å². The molecule has 1 N–H and O–H groups in total. The van der Waals surface area contributed by atoms with Gasteiger partial charge in [0.2, 0.25) is 5.91 Å². The zero-order valence-corrected chi connectivity index (χ0v) is 17.8. The summed E-state index contributed by atoms with van der Waals surface area (Å²) < 4.78 is 7.31. The van der Waals surface area contributed by atoms with Crippen LogP contribution in [0.2, 0.25) is 0 Å². The van der Waals surface area contributed by atoms with Crippen molar-refractivity contribution in [3.8, 4) is 6.07 Å². The van der Waals surface area contributed by atoms with E-state index in [-0.39, 0.29) is 29.2 Å². The number of thioether (sulfide) groups is 1. The van der Waals surface area contributed by atoms with Crippen molar-refractivity contribution in [3.63, 3.8) is 0 Å². The Bertz CT molecular complexity index is 992. The molecule has 1 aliphatic heterocycles. The minimum atomic E-state index is -0.939. The molecule has 1 amide bonds. The third kappa shape index (κ3) is 4.80. The van der Waals surface area contributed by atoms with Crippen LogP contribution < -0.4 is 10.9 Å². The number of amides is 1. The van der Waals surface area contributed by atoms with Gasteiger partial charge >= 0.3 is 0 Å². The molecule has 2 atom stereocenters. The van der Waals surface area contributed by atoms with Gasteiger partial charge < -0.3 is 10.1 Å². The fourth-order valence-electron chi connectivity index (χ4n) is 3.17. The van der Waals surface area contributed by atoms with Crippen LogP contribution in [0, 0.1) is 17.2 Å². The van der Waals surface area contributed by atoms with E-state index in [0.29, 0.717) is 29.2 Å². The Kier molecular flexibility index (Phi) is 6.60. The van der Waals surface area contributed by atoms with Gasteiger partial charge in [0, 0.05) is 6.61 Å². The van der Waals surface area contributed by atoms with Crippen LogP contribution >= 0.6 is 11.8 Å². The highest BCUT2D eigenvalue weighted by atomic mass is 32.2. The lowest BCUT2D eigenvalue weighted by molar-refractivity contribution is -0.120. The van der Waals surface area contributed by atoms with Crippen LogP contribution in [0.4, 0.5) is 0 Å². The number of carbonyl (C=O) groups excluding carboxylic acids is 1. The Labute approximate surface area is 174 Å². The number of ether oxygens (including phenoxy) is 1. The van der Waals surface area contributed by atoms with Crippen molar-refractivity contribution in [2.45, 2.75) is 57.0 Å². The van der Waals surface area contributed by atoms with Crippen LogP contribution in [0.5, 0.6) is 0 Å². The molecule has 0 bridgehead atoms. The van der Waals surface area contributed by atoms with Crippen LogP contribution in [0.1, 0.15) is 33.6 Å². The van der Waals surface area contributed by atoms with E-state index in [9.17, 15) is 14.9 Å². The maximum atomic E-state index is 13.1.